The summed E-state index contributed by atoms with van der Waals surface area (Å²) >= 11 is 0. The molecule has 3 aromatic rings. The molecule has 0 saturated heterocycles. The van der Waals surface area contributed by atoms with E-state index in [1.165, 1.54) is 10.7 Å². The molecular formula is C21H27F3N6O3S. The van der Waals surface area contributed by atoms with Crippen molar-refractivity contribution in [1.29, 1.82) is 0 Å². The molecule has 0 aliphatic heterocycles. The molecule has 0 spiro atoms. The van der Waals surface area contributed by atoms with Crippen molar-refractivity contribution in [1.82, 2.24) is 29.4 Å². The van der Waals surface area contributed by atoms with E-state index in [2.05, 4.69) is 15.4 Å². The van der Waals surface area contributed by atoms with Crippen LogP contribution < -0.4 is 10.0 Å². The van der Waals surface area contributed by atoms with E-state index in [0.717, 1.165) is 18.7 Å². The van der Waals surface area contributed by atoms with Gasteiger partial charge in [-0.2, -0.15) is 18.3 Å². The largest absolute Gasteiger partial charge is 0.417 e. The van der Waals surface area contributed by atoms with Crippen LogP contribution in [0.15, 0.2) is 24.5 Å². The van der Waals surface area contributed by atoms with E-state index in [4.69, 9.17) is 0 Å². The van der Waals surface area contributed by atoms with Gasteiger partial charge in [0.1, 0.15) is 11.5 Å². The Morgan fingerprint density at radius 1 is 1.26 bits per heavy atom. The van der Waals surface area contributed by atoms with Crippen molar-refractivity contribution in [3.63, 3.8) is 0 Å². The maximum atomic E-state index is 13.0. The number of sulfonamides is 1. The number of amides is 2. The van der Waals surface area contributed by atoms with Gasteiger partial charge in [0.15, 0.2) is 0 Å². The normalized spacial score (nSPS) is 12.5. The van der Waals surface area contributed by atoms with Crippen LogP contribution in [0.1, 0.15) is 37.1 Å². The van der Waals surface area contributed by atoms with Crippen molar-refractivity contribution in [3.05, 3.63) is 41.3 Å². The minimum atomic E-state index is -4.51. The van der Waals surface area contributed by atoms with Crippen molar-refractivity contribution < 1.29 is 26.4 Å². The maximum Gasteiger partial charge on any atom is 0.417 e. The number of alkyl halides is 3. The van der Waals surface area contributed by atoms with Crippen molar-refractivity contribution >= 4 is 27.1 Å². The third kappa shape index (κ3) is 5.88. The topological polar surface area (TPSA) is 111 Å². The second kappa shape index (κ2) is 9.65. The van der Waals surface area contributed by atoms with Gasteiger partial charge in [0.2, 0.25) is 10.0 Å². The highest BCUT2D eigenvalue weighted by molar-refractivity contribution is 7.90. The average molecular weight is 501 g/mol. The molecule has 0 aromatic carbocycles. The van der Waals surface area contributed by atoms with Gasteiger partial charge in [-0.15, -0.1) is 0 Å². The van der Waals surface area contributed by atoms with Crippen molar-refractivity contribution in [2.24, 2.45) is 13.0 Å². The molecule has 0 radical (unpaired) electrons. The van der Waals surface area contributed by atoms with Crippen LogP contribution in [-0.4, -0.2) is 46.1 Å². The molecular weight excluding hydrogens is 473 g/mol. The third-order valence-corrected chi connectivity index (χ3v) is 6.51. The van der Waals surface area contributed by atoms with Gasteiger partial charge in [0.05, 0.1) is 17.0 Å². The SMILES string of the molecule is Cc1nn(C)c(-n2ccc3cc(C(F)(F)F)cnc32)c1CCS(=O)(=O)NC(=O)NCCC(C)C. The minimum absolute atomic E-state index is 0.0317. The van der Waals surface area contributed by atoms with Crippen LogP contribution in [0.5, 0.6) is 0 Å². The summed E-state index contributed by atoms with van der Waals surface area (Å²) in [5.41, 5.74) is 0.556. The summed E-state index contributed by atoms with van der Waals surface area (Å²) < 4.78 is 69.1. The molecule has 3 aromatic heterocycles. The fraction of sp³-hybridized carbons (Fsp3) is 0.476. The number of rotatable bonds is 8. The minimum Gasteiger partial charge on any atom is -0.337 e. The molecule has 0 bridgehead atoms. The fourth-order valence-electron chi connectivity index (χ4n) is 3.57. The van der Waals surface area contributed by atoms with Gasteiger partial charge in [-0.3, -0.25) is 9.25 Å². The average Bonchev–Trinajstić information content (AvgIpc) is 3.24. The fourth-order valence-corrected chi connectivity index (χ4v) is 4.50. The molecule has 34 heavy (non-hydrogen) atoms. The summed E-state index contributed by atoms with van der Waals surface area (Å²) in [5, 5.41) is 7.14. The first-order valence-electron chi connectivity index (χ1n) is 10.6. The Hall–Kier alpha value is -3.09. The number of nitrogens with one attached hydrogen (secondary N) is 2. The molecule has 0 saturated carbocycles. The Balaban J connectivity index is 1.82. The third-order valence-electron chi connectivity index (χ3n) is 5.27. The first kappa shape index (κ1) is 25.5. The molecule has 2 N–H and O–H groups in total. The number of aromatic nitrogens is 4. The Morgan fingerprint density at radius 2 is 1.97 bits per heavy atom. The van der Waals surface area contributed by atoms with Crippen LogP contribution in [0.3, 0.4) is 0 Å². The Kier molecular flexibility index (Phi) is 7.24. The summed E-state index contributed by atoms with van der Waals surface area (Å²) in [7, 11) is -2.29. The Labute approximate surface area is 195 Å². The van der Waals surface area contributed by atoms with E-state index in [-0.39, 0.29) is 23.2 Å². The lowest BCUT2D eigenvalue weighted by atomic mass is 10.1. The number of hydrogen-bond acceptors (Lipinski definition) is 5. The Bertz CT molecular complexity index is 1300. The van der Waals surface area contributed by atoms with E-state index in [0.29, 0.717) is 29.5 Å². The van der Waals surface area contributed by atoms with Gasteiger partial charge < -0.3 is 5.32 Å². The Morgan fingerprint density at radius 3 is 2.62 bits per heavy atom. The van der Waals surface area contributed by atoms with Crippen molar-refractivity contribution in [2.45, 2.75) is 39.8 Å². The van der Waals surface area contributed by atoms with E-state index < -0.39 is 27.8 Å². The number of urea groups is 1. The number of halogens is 3. The molecule has 2 amide bonds. The van der Waals surface area contributed by atoms with Gasteiger partial charge in [0.25, 0.3) is 0 Å². The second-order valence-corrected chi connectivity index (χ2v) is 10.3. The standard InChI is InChI=1S/C21H27F3N6O3S/c1-13(2)5-8-25-20(31)28-34(32,33)10-7-17-14(3)27-29(4)19(17)30-9-6-15-11-16(21(22,23)24)12-26-18(15)30/h6,9,11-13H,5,7-8,10H2,1-4H3,(H2,25,28,31). The van der Waals surface area contributed by atoms with Crippen LogP contribution >= 0.6 is 0 Å². The number of carbonyl (C=O) groups is 1. The zero-order valence-corrected chi connectivity index (χ0v) is 20.1. The quantitative estimate of drug-likeness (QED) is 0.493. The van der Waals surface area contributed by atoms with Gasteiger partial charge in [-0.05, 0) is 37.8 Å². The lowest BCUT2D eigenvalue weighted by Crippen LogP contribution is -2.41. The lowest BCUT2D eigenvalue weighted by Gasteiger charge is -2.12. The van der Waals surface area contributed by atoms with E-state index >= 15 is 0 Å². The van der Waals surface area contributed by atoms with Gasteiger partial charge in [0, 0.05) is 36.9 Å². The second-order valence-electron chi connectivity index (χ2n) is 8.44. The monoisotopic (exact) mass is 500 g/mol. The zero-order valence-electron chi connectivity index (χ0n) is 19.3. The van der Waals surface area contributed by atoms with Gasteiger partial charge >= 0.3 is 12.2 Å². The summed E-state index contributed by atoms with van der Waals surface area (Å²) in [6.07, 6.45) is -1.44. The van der Waals surface area contributed by atoms with Crippen LogP contribution in [0.4, 0.5) is 18.0 Å². The molecule has 0 fully saturated rings. The highest BCUT2D eigenvalue weighted by Gasteiger charge is 2.31. The molecule has 186 valence electrons. The number of aryl methyl sites for hydroxylation is 2. The summed E-state index contributed by atoms with van der Waals surface area (Å²) in [6, 6.07) is 1.72. The lowest BCUT2D eigenvalue weighted by molar-refractivity contribution is -0.137. The molecule has 0 unspecified atom stereocenters. The van der Waals surface area contributed by atoms with Gasteiger partial charge in [-0.1, -0.05) is 13.8 Å². The number of hydrogen-bond donors (Lipinski definition) is 2. The summed E-state index contributed by atoms with van der Waals surface area (Å²) in [5.74, 6) is 0.467. The first-order valence-corrected chi connectivity index (χ1v) is 12.3. The van der Waals surface area contributed by atoms with Crippen molar-refractivity contribution in [3.8, 4) is 5.82 Å². The van der Waals surface area contributed by atoms with Crippen LogP contribution in [0, 0.1) is 12.8 Å². The highest BCUT2D eigenvalue weighted by Crippen LogP contribution is 2.31. The predicted octanol–water partition coefficient (Wildman–Crippen LogP) is 3.30. The summed E-state index contributed by atoms with van der Waals surface area (Å²) in [4.78, 5) is 15.9. The number of fused-ring (bicyclic) bond motifs is 1. The number of carbonyl (C=O) groups excluding carboxylic acids is 1. The zero-order chi connectivity index (χ0) is 25.3. The van der Waals surface area contributed by atoms with Crippen molar-refractivity contribution in [2.75, 3.05) is 12.3 Å². The smallest absolute Gasteiger partial charge is 0.337 e. The molecule has 13 heteroatoms. The first-order chi connectivity index (χ1) is 15.8. The predicted molar refractivity (Wildman–Crippen MR) is 121 cm³/mol. The van der Waals surface area contributed by atoms with Crippen LogP contribution in [0.25, 0.3) is 16.9 Å². The number of pyridine rings is 1. The molecule has 0 aliphatic rings. The molecule has 3 heterocycles. The highest BCUT2D eigenvalue weighted by atomic mass is 32.2. The molecule has 3 rings (SSSR count). The van der Waals surface area contributed by atoms with Crippen LogP contribution in [-0.2, 0) is 29.7 Å². The van der Waals surface area contributed by atoms with E-state index in [1.54, 1.807) is 24.7 Å². The molecule has 0 aliphatic carbocycles. The van der Waals surface area contributed by atoms with E-state index in [1.807, 2.05) is 18.6 Å². The maximum absolute atomic E-state index is 13.0. The molecule has 0 atom stereocenters. The van der Waals surface area contributed by atoms with Gasteiger partial charge in [-0.25, -0.2) is 22.9 Å². The van der Waals surface area contributed by atoms with Crippen LogP contribution in [0.2, 0.25) is 0 Å². The molecule has 9 nitrogen and oxygen atoms in total. The summed E-state index contributed by atoms with van der Waals surface area (Å²) in [6.45, 7) is 6.04. The van der Waals surface area contributed by atoms with E-state index in [9.17, 15) is 26.4 Å². The number of nitrogens with zero attached hydrogens (tertiary/aromatic N) is 4.